The number of nitrogens with zero attached hydrogens (tertiary/aromatic N) is 4. The highest BCUT2D eigenvalue weighted by molar-refractivity contribution is 7.91. The van der Waals surface area contributed by atoms with Gasteiger partial charge in [-0.2, -0.15) is 0 Å². The van der Waals surface area contributed by atoms with Crippen molar-refractivity contribution in [2.45, 2.75) is 31.3 Å². The molecule has 26 heavy (non-hydrogen) atoms. The maximum Gasteiger partial charge on any atom is 0.180 e. The molecule has 3 rings (SSSR count). The van der Waals surface area contributed by atoms with Gasteiger partial charge in [0, 0.05) is 25.4 Å². The summed E-state index contributed by atoms with van der Waals surface area (Å²) in [7, 11) is -3.35. The molecule has 2 aromatic heterocycles. The number of morpholine rings is 1. The molecule has 140 valence electrons. The van der Waals surface area contributed by atoms with Gasteiger partial charge in [0.15, 0.2) is 15.7 Å². The van der Waals surface area contributed by atoms with Gasteiger partial charge in [-0.3, -0.25) is 4.98 Å². The quantitative estimate of drug-likeness (QED) is 0.807. The highest BCUT2D eigenvalue weighted by atomic mass is 32.2. The summed E-state index contributed by atoms with van der Waals surface area (Å²) in [5.74, 6) is 1.02. The summed E-state index contributed by atoms with van der Waals surface area (Å²) in [5, 5.41) is 0. The van der Waals surface area contributed by atoms with Gasteiger partial charge in [-0.15, -0.1) is 0 Å². The standard InChI is InChI=1S/C18H24N4O3S/c1-18(2,3)26(23,24)13-14-12-16(22-8-10-25-11-9-22)21-17(20-14)15-6-4-5-7-19-15/h4-7,12H,8-11,13H2,1-3H3. The molecule has 0 bridgehead atoms. The van der Waals surface area contributed by atoms with Crippen molar-refractivity contribution in [2.24, 2.45) is 0 Å². The van der Waals surface area contributed by atoms with Crippen LogP contribution < -0.4 is 4.90 Å². The fourth-order valence-electron chi connectivity index (χ4n) is 2.53. The molecular formula is C18H24N4O3S. The van der Waals surface area contributed by atoms with E-state index in [9.17, 15) is 8.42 Å². The average molecular weight is 376 g/mol. The fraction of sp³-hybridized carbons (Fsp3) is 0.500. The first kappa shape index (κ1) is 18.7. The lowest BCUT2D eigenvalue weighted by Gasteiger charge is -2.28. The monoisotopic (exact) mass is 376 g/mol. The number of aromatic nitrogens is 3. The average Bonchev–Trinajstić information content (AvgIpc) is 2.61. The Balaban J connectivity index is 2.03. The first-order valence-electron chi connectivity index (χ1n) is 8.61. The lowest BCUT2D eigenvalue weighted by molar-refractivity contribution is 0.122. The van der Waals surface area contributed by atoms with E-state index in [0.29, 0.717) is 49.3 Å². The van der Waals surface area contributed by atoms with Crippen LogP contribution in [0.2, 0.25) is 0 Å². The van der Waals surface area contributed by atoms with E-state index in [1.54, 1.807) is 33.0 Å². The Labute approximate surface area is 154 Å². The first-order valence-corrected chi connectivity index (χ1v) is 10.3. The molecule has 0 aromatic carbocycles. The SMILES string of the molecule is CC(C)(C)S(=O)(=O)Cc1cc(N2CCOCC2)nc(-c2ccccn2)n1. The highest BCUT2D eigenvalue weighted by Gasteiger charge is 2.30. The maximum atomic E-state index is 12.6. The third-order valence-corrected chi connectivity index (χ3v) is 6.81. The Morgan fingerprint density at radius 2 is 1.88 bits per heavy atom. The molecule has 1 saturated heterocycles. The topological polar surface area (TPSA) is 85.3 Å². The van der Waals surface area contributed by atoms with Crippen LogP contribution in [-0.2, 0) is 20.3 Å². The zero-order valence-electron chi connectivity index (χ0n) is 15.3. The molecule has 0 aliphatic carbocycles. The van der Waals surface area contributed by atoms with Crippen LogP contribution in [-0.4, -0.2) is 54.4 Å². The van der Waals surface area contributed by atoms with Crippen molar-refractivity contribution < 1.29 is 13.2 Å². The second kappa shape index (κ2) is 7.28. The molecule has 0 N–H and O–H groups in total. The van der Waals surface area contributed by atoms with E-state index in [0.717, 1.165) is 0 Å². The van der Waals surface area contributed by atoms with Gasteiger partial charge in [-0.25, -0.2) is 18.4 Å². The highest BCUT2D eigenvalue weighted by Crippen LogP contribution is 2.24. The van der Waals surface area contributed by atoms with Gasteiger partial charge in [0.25, 0.3) is 0 Å². The Kier molecular flexibility index (Phi) is 5.24. The van der Waals surface area contributed by atoms with Crippen molar-refractivity contribution in [3.8, 4) is 11.5 Å². The first-order chi connectivity index (χ1) is 12.3. The van der Waals surface area contributed by atoms with E-state index >= 15 is 0 Å². The van der Waals surface area contributed by atoms with Gasteiger partial charge in [-0.05, 0) is 32.9 Å². The number of pyridine rings is 1. The third kappa shape index (κ3) is 4.19. The number of anilines is 1. The van der Waals surface area contributed by atoms with E-state index in [1.807, 2.05) is 18.2 Å². The fourth-order valence-corrected chi connectivity index (χ4v) is 3.50. The van der Waals surface area contributed by atoms with Crippen LogP contribution in [0.1, 0.15) is 26.5 Å². The molecule has 0 unspecified atom stereocenters. The summed E-state index contributed by atoms with van der Waals surface area (Å²) in [5.41, 5.74) is 1.11. The molecular weight excluding hydrogens is 352 g/mol. The zero-order valence-corrected chi connectivity index (χ0v) is 16.2. The Bertz CT molecular complexity index is 858. The third-order valence-electron chi connectivity index (χ3n) is 4.27. The molecule has 0 spiro atoms. The summed E-state index contributed by atoms with van der Waals surface area (Å²) < 4.78 is 29.8. The lowest BCUT2D eigenvalue weighted by atomic mass is 10.3. The molecule has 8 heteroatoms. The second-order valence-electron chi connectivity index (χ2n) is 7.23. The van der Waals surface area contributed by atoms with Crippen molar-refractivity contribution in [1.82, 2.24) is 15.0 Å². The molecule has 0 atom stereocenters. The molecule has 0 radical (unpaired) electrons. The predicted octanol–water partition coefficient (Wildman–Crippen LogP) is 2.09. The van der Waals surface area contributed by atoms with Gasteiger partial charge in [0.2, 0.25) is 0 Å². The van der Waals surface area contributed by atoms with Gasteiger partial charge in [0.05, 0.1) is 29.4 Å². The number of ether oxygens (including phenoxy) is 1. The molecule has 1 aliphatic rings. The van der Waals surface area contributed by atoms with E-state index in [-0.39, 0.29) is 5.75 Å². The Morgan fingerprint density at radius 1 is 1.15 bits per heavy atom. The summed E-state index contributed by atoms with van der Waals surface area (Å²) in [6, 6.07) is 7.26. The van der Waals surface area contributed by atoms with E-state index in [4.69, 9.17) is 4.74 Å². The Morgan fingerprint density at radius 3 is 2.50 bits per heavy atom. The van der Waals surface area contributed by atoms with Gasteiger partial charge < -0.3 is 9.64 Å². The maximum absolute atomic E-state index is 12.6. The Hall–Kier alpha value is -2.06. The van der Waals surface area contributed by atoms with Crippen LogP contribution in [0.4, 0.5) is 5.82 Å². The van der Waals surface area contributed by atoms with E-state index in [2.05, 4.69) is 19.9 Å². The van der Waals surface area contributed by atoms with Crippen molar-refractivity contribution in [3.63, 3.8) is 0 Å². The van der Waals surface area contributed by atoms with Crippen LogP contribution in [0.15, 0.2) is 30.5 Å². The van der Waals surface area contributed by atoms with Crippen LogP contribution in [0.3, 0.4) is 0 Å². The van der Waals surface area contributed by atoms with E-state index in [1.165, 1.54) is 0 Å². The molecule has 2 aromatic rings. The summed E-state index contributed by atoms with van der Waals surface area (Å²) >= 11 is 0. The van der Waals surface area contributed by atoms with Crippen LogP contribution in [0, 0.1) is 0 Å². The molecule has 7 nitrogen and oxygen atoms in total. The minimum atomic E-state index is -3.35. The number of sulfone groups is 1. The number of rotatable bonds is 4. The van der Waals surface area contributed by atoms with E-state index < -0.39 is 14.6 Å². The molecule has 3 heterocycles. The van der Waals surface area contributed by atoms with Gasteiger partial charge in [-0.1, -0.05) is 6.07 Å². The number of hydrogen-bond donors (Lipinski definition) is 0. The lowest BCUT2D eigenvalue weighted by Crippen LogP contribution is -2.37. The summed E-state index contributed by atoms with van der Waals surface area (Å²) in [4.78, 5) is 15.5. The van der Waals surface area contributed by atoms with Crippen molar-refractivity contribution in [1.29, 1.82) is 0 Å². The molecule has 0 amide bonds. The van der Waals surface area contributed by atoms with Crippen molar-refractivity contribution in [3.05, 3.63) is 36.2 Å². The summed E-state index contributed by atoms with van der Waals surface area (Å²) in [6.07, 6.45) is 1.67. The smallest absolute Gasteiger partial charge is 0.180 e. The molecule has 1 fully saturated rings. The normalized spacial score (nSPS) is 15.9. The van der Waals surface area contributed by atoms with Crippen molar-refractivity contribution in [2.75, 3.05) is 31.2 Å². The zero-order chi connectivity index (χ0) is 18.8. The minimum absolute atomic E-state index is 0.129. The molecule has 0 saturated carbocycles. The number of hydrogen-bond acceptors (Lipinski definition) is 7. The second-order valence-corrected chi connectivity index (χ2v) is 9.97. The van der Waals surface area contributed by atoms with Gasteiger partial charge in [0.1, 0.15) is 11.5 Å². The van der Waals surface area contributed by atoms with Crippen LogP contribution >= 0.6 is 0 Å². The minimum Gasteiger partial charge on any atom is -0.378 e. The van der Waals surface area contributed by atoms with Crippen LogP contribution in [0.25, 0.3) is 11.5 Å². The predicted molar refractivity (Wildman–Crippen MR) is 101 cm³/mol. The van der Waals surface area contributed by atoms with Crippen molar-refractivity contribution >= 4 is 15.7 Å². The molecule has 1 aliphatic heterocycles. The van der Waals surface area contributed by atoms with Crippen LogP contribution in [0.5, 0.6) is 0 Å². The largest absolute Gasteiger partial charge is 0.378 e. The summed E-state index contributed by atoms with van der Waals surface area (Å²) in [6.45, 7) is 7.77. The van der Waals surface area contributed by atoms with Gasteiger partial charge >= 0.3 is 0 Å².